The summed E-state index contributed by atoms with van der Waals surface area (Å²) in [6, 6.07) is 3.76. The van der Waals surface area contributed by atoms with Crippen LogP contribution in [0.2, 0.25) is 0 Å². The number of nitrogens with two attached hydrogens (primary N) is 1. The van der Waals surface area contributed by atoms with E-state index in [1.165, 1.54) is 17.0 Å². The summed E-state index contributed by atoms with van der Waals surface area (Å²) < 4.78 is 0. The summed E-state index contributed by atoms with van der Waals surface area (Å²) in [7, 11) is 0. The van der Waals surface area contributed by atoms with Crippen molar-refractivity contribution in [2.45, 2.75) is 13.8 Å². The van der Waals surface area contributed by atoms with E-state index in [-0.39, 0.29) is 29.4 Å². The zero-order chi connectivity index (χ0) is 16.2. The molecular formula is C13H17N3O5. The van der Waals surface area contributed by atoms with E-state index in [0.717, 1.165) is 6.07 Å². The number of nitrogens with zero attached hydrogens (tertiary/aromatic N) is 2. The lowest BCUT2D eigenvalue weighted by atomic mass is 10.1. The minimum absolute atomic E-state index is 0.00488. The molecule has 0 spiro atoms. The maximum atomic E-state index is 11.2. The third kappa shape index (κ3) is 4.44. The molecule has 0 saturated carbocycles. The number of carboxylic acid groups (broad SMARTS) is 1. The average Bonchev–Trinajstić information content (AvgIpc) is 2.35. The Hall–Kier alpha value is -2.64. The SMILES string of the molecule is CC(C)CN(CC(=O)O)c1ccc(C(N)=O)cc1[N+](=O)[O-]. The van der Waals surface area contributed by atoms with Crippen molar-refractivity contribution in [3.05, 3.63) is 33.9 Å². The Morgan fingerprint density at radius 2 is 2.05 bits per heavy atom. The van der Waals surface area contributed by atoms with Crippen molar-refractivity contribution in [1.29, 1.82) is 0 Å². The molecule has 0 aromatic heterocycles. The van der Waals surface area contributed by atoms with Gasteiger partial charge in [-0.05, 0) is 18.1 Å². The molecule has 1 aromatic carbocycles. The zero-order valence-electron chi connectivity index (χ0n) is 11.8. The monoisotopic (exact) mass is 295 g/mol. The van der Waals surface area contributed by atoms with Gasteiger partial charge in [0.15, 0.2) is 0 Å². The Bertz CT molecular complexity index is 571. The number of nitro benzene ring substituents is 1. The van der Waals surface area contributed by atoms with E-state index in [1.54, 1.807) is 0 Å². The van der Waals surface area contributed by atoms with Crippen molar-refractivity contribution in [2.24, 2.45) is 11.7 Å². The summed E-state index contributed by atoms with van der Waals surface area (Å²) in [4.78, 5) is 33.9. The summed E-state index contributed by atoms with van der Waals surface area (Å²) in [5, 5.41) is 20.1. The van der Waals surface area contributed by atoms with E-state index in [2.05, 4.69) is 0 Å². The van der Waals surface area contributed by atoms with Gasteiger partial charge in [0.1, 0.15) is 12.2 Å². The number of rotatable bonds is 7. The molecule has 1 amide bonds. The van der Waals surface area contributed by atoms with E-state index < -0.39 is 16.8 Å². The lowest BCUT2D eigenvalue weighted by Gasteiger charge is -2.24. The molecule has 0 aliphatic rings. The van der Waals surface area contributed by atoms with Crippen molar-refractivity contribution in [1.82, 2.24) is 0 Å². The molecule has 0 bridgehead atoms. The number of carbonyl (C=O) groups excluding carboxylic acids is 1. The van der Waals surface area contributed by atoms with E-state index in [9.17, 15) is 19.7 Å². The first-order chi connectivity index (χ1) is 9.72. The number of carbonyl (C=O) groups is 2. The number of hydrogen-bond donors (Lipinski definition) is 2. The number of nitro groups is 1. The van der Waals surface area contributed by atoms with Crippen LogP contribution in [0, 0.1) is 16.0 Å². The van der Waals surface area contributed by atoms with Crippen LogP contribution in [0.4, 0.5) is 11.4 Å². The highest BCUT2D eigenvalue weighted by atomic mass is 16.6. The molecule has 1 rings (SSSR count). The highest BCUT2D eigenvalue weighted by Gasteiger charge is 2.23. The number of primary amides is 1. The molecule has 114 valence electrons. The van der Waals surface area contributed by atoms with Gasteiger partial charge in [0, 0.05) is 18.2 Å². The molecule has 0 saturated heterocycles. The van der Waals surface area contributed by atoms with Crippen LogP contribution in [0.5, 0.6) is 0 Å². The van der Waals surface area contributed by atoms with Crippen molar-refractivity contribution >= 4 is 23.3 Å². The molecule has 0 radical (unpaired) electrons. The van der Waals surface area contributed by atoms with Gasteiger partial charge in [0.2, 0.25) is 5.91 Å². The number of carboxylic acids is 1. The van der Waals surface area contributed by atoms with Gasteiger partial charge >= 0.3 is 5.97 Å². The molecular weight excluding hydrogens is 278 g/mol. The Morgan fingerprint density at radius 1 is 1.43 bits per heavy atom. The lowest BCUT2D eigenvalue weighted by molar-refractivity contribution is -0.384. The third-order valence-electron chi connectivity index (χ3n) is 2.71. The molecule has 21 heavy (non-hydrogen) atoms. The first kappa shape index (κ1) is 16.4. The van der Waals surface area contributed by atoms with Crippen LogP contribution in [-0.4, -0.2) is 35.0 Å². The second kappa shape index (κ2) is 6.69. The maximum absolute atomic E-state index is 11.2. The summed E-state index contributed by atoms with van der Waals surface area (Å²) in [5.74, 6) is -1.76. The fourth-order valence-electron chi connectivity index (χ4n) is 1.94. The Labute approximate surface area is 121 Å². The number of aliphatic carboxylic acids is 1. The molecule has 0 aliphatic carbocycles. The Morgan fingerprint density at radius 3 is 2.48 bits per heavy atom. The summed E-state index contributed by atoms with van der Waals surface area (Å²) >= 11 is 0. The smallest absolute Gasteiger partial charge is 0.323 e. The minimum Gasteiger partial charge on any atom is -0.480 e. The van der Waals surface area contributed by atoms with E-state index in [4.69, 9.17) is 10.8 Å². The van der Waals surface area contributed by atoms with Gasteiger partial charge in [0.25, 0.3) is 5.69 Å². The number of hydrogen-bond acceptors (Lipinski definition) is 5. The largest absolute Gasteiger partial charge is 0.480 e. The van der Waals surface area contributed by atoms with Gasteiger partial charge in [-0.2, -0.15) is 0 Å². The zero-order valence-corrected chi connectivity index (χ0v) is 11.8. The first-order valence-electron chi connectivity index (χ1n) is 6.27. The molecule has 0 fully saturated rings. The molecule has 0 atom stereocenters. The van der Waals surface area contributed by atoms with Crippen LogP contribution in [-0.2, 0) is 4.79 Å². The topological polar surface area (TPSA) is 127 Å². The molecule has 0 heterocycles. The first-order valence-corrected chi connectivity index (χ1v) is 6.27. The summed E-state index contributed by atoms with van der Waals surface area (Å²) in [5.41, 5.74) is 4.92. The molecule has 3 N–H and O–H groups in total. The maximum Gasteiger partial charge on any atom is 0.323 e. The third-order valence-corrected chi connectivity index (χ3v) is 2.71. The van der Waals surface area contributed by atoms with Crippen molar-refractivity contribution in [2.75, 3.05) is 18.0 Å². The normalized spacial score (nSPS) is 10.4. The summed E-state index contributed by atoms with van der Waals surface area (Å²) in [6.45, 7) is 3.72. The number of anilines is 1. The van der Waals surface area contributed by atoms with Crippen LogP contribution in [0.3, 0.4) is 0 Å². The molecule has 1 aromatic rings. The van der Waals surface area contributed by atoms with Crippen LogP contribution in [0.15, 0.2) is 18.2 Å². The van der Waals surface area contributed by atoms with Crippen molar-refractivity contribution < 1.29 is 19.6 Å². The van der Waals surface area contributed by atoms with Gasteiger partial charge in [0.05, 0.1) is 4.92 Å². The molecule has 0 aliphatic heterocycles. The Balaban J connectivity index is 3.31. The molecule has 0 unspecified atom stereocenters. The van der Waals surface area contributed by atoms with Gasteiger partial charge in [-0.25, -0.2) is 0 Å². The van der Waals surface area contributed by atoms with Gasteiger partial charge in [-0.15, -0.1) is 0 Å². The highest BCUT2D eigenvalue weighted by molar-refractivity contribution is 5.94. The molecule has 8 nitrogen and oxygen atoms in total. The van der Waals surface area contributed by atoms with E-state index in [0.29, 0.717) is 6.54 Å². The lowest BCUT2D eigenvalue weighted by Crippen LogP contribution is -2.33. The second-order valence-corrected chi connectivity index (χ2v) is 4.99. The van der Waals surface area contributed by atoms with E-state index >= 15 is 0 Å². The minimum atomic E-state index is -1.09. The quantitative estimate of drug-likeness (QED) is 0.575. The Kier molecular flexibility index (Phi) is 5.23. The fourth-order valence-corrected chi connectivity index (χ4v) is 1.94. The van der Waals surface area contributed by atoms with Gasteiger partial charge in [-0.1, -0.05) is 13.8 Å². The van der Waals surface area contributed by atoms with Crippen LogP contribution >= 0.6 is 0 Å². The van der Waals surface area contributed by atoms with Crippen LogP contribution in [0.25, 0.3) is 0 Å². The number of benzene rings is 1. The van der Waals surface area contributed by atoms with E-state index in [1.807, 2.05) is 13.8 Å². The van der Waals surface area contributed by atoms with Crippen molar-refractivity contribution in [3.8, 4) is 0 Å². The fraction of sp³-hybridized carbons (Fsp3) is 0.385. The van der Waals surface area contributed by atoms with Crippen molar-refractivity contribution in [3.63, 3.8) is 0 Å². The molecule has 8 heteroatoms. The van der Waals surface area contributed by atoms with Gasteiger partial charge < -0.3 is 15.7 Å². The van der Waals surface area contributed by atoms with Gasteiger partial charge in [-0.3, -0.25) is 19.7 Å². The second-order valence-electron chi connectivity index (χ2n) is 4.99. The van der Waals surface area contributed by atoms with Crippen LogP contribution in [0.1, 0.15) is 24.2 Å². The summed E-state index contributed by atoms with van der Waals surface area (Å²) in [6.07, 6.45) is 0. The highest BCUT2D eigenvalue weighted by Crippen LogP contribution is 2.29. The van der Waals surface area contributed by atoms with Crippen LogP contribution < -0.4 is 10.6 Å². The predicted molar refractivity (Wildman–Crippen MR) is 76.3 cm³/mol. The average molecular weight is 295 g/mol. The standard InChI is InChI=1S/C13H17N3O5/c1-8(2)6-15(7-12(17)18)10-4-3-9(13(14)19)5-11(10)16(20)21/h3-5,8H,6-7H2,1-2H3,(H2,14,19)(H,17,18). The number of amides is 1. The predicted octanol–water partition coefficient (Wildman–Crippen LogP) is 1.24.